The predicted octanol–water partition coefficient (Wildman–Crippen LogP) is 4.77. The second-order valence-electron chi connectivity index (χ2n) is 6.34. The molecule has 5 nitrogen and oxygen atoms in total. The van der Waals surface area contributed by atoms with E-state index in [-0.39, 0.29) is 11.8 Å². The Labute approximate surface area is 162 Å². The van der Waals surface area contributed by atoms with Crippen molar-refractivity contribution in [2.45, 2.75) is 12.3 Å². The Morgan fingerprint density at radius 3 is 2.63 bits per heavy atom. The van der Waals surface area contributed by atoms with Gasteiger partial charge in [-0.2, -0.15) is 5.10 Å². The Kier molecular flexibility index (Phi) is 4.69. The van der Waals surface area contributed by atoms with Gasteiger partial charge in [0.25, 0.3) is 0 Å². The molecule has 4 rings (SSSR count). The van der Waals surface area contributed by atoms with Crippen molar-refractivity contribution in [2.24, 2.45) is 0 Å². The molecule has 0 saturated heterocycles. The number of carbonyl (C=O) groups is 1. The number of fused-ring (bicyclic) bond motifs is 1. The van der Waals surface area contributed by atoms with Crippen LogP contribution in [0.25, 0.3) is 11.3 Å². The highest BCUT2D eigenvalue weighted by Gasteiger charge is 2.32. The summed E-state index contributed by atoms with van der Waals surface area (Å²) in [5.41, 5.74) is 3.88. The van der Waals surface area contributed by atoms with Gasteiger partial charge in [-0.05, 0) is 29.8 Å². The highest BCUT2D eigenvalue weighted by Crippen LogP contribution is 2.42. The highest BCUT2D eigenvalue weighted by atomic mass is 35.5. The number of H-pyrrole nitrogens is 1. The van der Waals surface area contributed by atoms with Crippen LogP contribution in [0.3, 0.4) is 0 Å². The van der Waals surface area contributed by atoms with Gasteiger partial charge in [-0.15, -0.1) is 0 Å². The molecule has 27 heavy (non-hydrogen) atoms. The maximum absolute atomic E-state index is 12.2. The number of ether oxygens (including phenoxy) is 1. The van der Waals surface area contributed by atoms with Crippen molar-refractivity contribution < 1.29 is 9.53 Å². The van der Waals surface area contributed by atoms with Crippen molar-refractivity contribution in [2.75, 3.05) is 11.9 Å². The molecule has 0 radical (unpaired) electrons. The molecule has 0 fully saturated rings. The summed E-state index contributed by atoms with van der Waals surface area (Å²) >= 11 is 6.01. The summed E-state index contributed by atoms with van der Waals surface area (Å²) in [6, 6.07) is 15.4. The SMILES string of the molecule is C=CCOc1ccc([C@@H]2CC(=O)Nc3n[nH]c(-c4ccc(Cl)cc4)c32)cc1. The first-order valence-electron chi connectivity index (χ1n) is 8.63. The van der Waals surface area contributed by atoms with E-state index in [4.69, 9.17) is 16.3 Å². The Morgan fingerprint density at radius 2 is 1.93 bits per heavy atom. The third-order valence-electron chi connectivity index (χ3n) is 4.58. The quantitative estimate of drug-likeness (QED) is 0.627. The minimum Gasteiger partial charge on any atom is -0.490 e. The first-order chi connectivity index (χ1) is 13.2. The van der Waals surface area contributed by atoms with Gasteiger partial charge in [0.05, 0.1) is 5.69 Å². The lowest BCUT2D eigenvalue weighted by atomic mass is 9.84. The van der Waals surface area contributed by atoms with Crippen LogP contribution in [0.1, 0.15) is 23.5 Å². The molecule has 2 heterocycles. The average Bonchev–Trinajstić information content (AvgIpc) is 3.10. The van der Waals surface area contributed by atoms with E-state index in [1.54, 1.807) is 6.08 Å². The molecule has 1 atom stereocenters. The van der Waals surface area contributed by atoms with Gasteiger partial charge in [0, 0.05) is 28.5 Å². The third kappa shape index (κ3) is 3.46. The molecule has 0 unspecified atom stereocenters. The Hall–Kier alpha value is -3.05. The van der Waals surface area contributed by atoms with Crippen LogP contribution in [-0.4, -0.2) is 22.7 Å². The van der Waals surface area contributed by atoms with Crippen LogP contribution in [0, 0.1) is 0 Å². The van der Waals surface area contributed by atoms with Crippen molar-refractivity contribution in [3.8, 4) is 17.0 Å². The van der Waals surface area contributed by atoms with Gasteiger partial charge in [0.2, 0.25) is 5.91 Å². The number of halogens is 1. The molecular weight excluding hydrogens is 362 g/mol. The molecular formula is C21H18ClN3O2. The Balaban J connectivity index is 1.73. The summed E-state index contributed by atoms with van der Waals surface area (Å²) in [6.45, 7) is 4.11. The predicted molar refractivity (Wildman–Crippen MR) is 106 cm³/mol. The highest BCUT2D eigenvalue weighted by molar-refractivity contribution is 6.30. The monoisotopic (exact) mass is 379 g/mol. The van der Waals surface area contributed by atoms with Crippen molar-refractivity contribution in [1.29, 1.82) is 0 Å². The zero-order chi connectivity index (χ0) is 18.8. The number of benzene rings is 2. The molecule has 1 aliphatic rings. The standard InChI is InChI=1S/C21H18ClN3O2/c1-2-11-27-16-9-5-13(6-10-16)17-12-18(26)23-21-19(17)20(24-25-21)14-3-7-15(22)8-4-14/h2-10,17H,1,11-12H2,(H2,23,24,25,26)/t17-/m0/s1. The lowest BCUT2D eigenvalue weighted by molar-refractivity contribution is -0.116. The Morgan fingerprint density at radius 1 is 1.19 bits per heavy atom. The average molecular weight is 380 g/mol. The molecule has 0 bridgehead atoms. The number of anilines is 1. The van der Waals surface area contributed by atoms with Crippen molar-refractivity contribution in [3.05, 3.63) is 77.3 Å². The molecule has 0 saturated carbocycles. The van der Waals surface area contributed by atoms with Crippen LogP contribution < -0.4 is 10.1 Å². The molecule has 2 N–H and O–H groups in total. The number of nitrogens with one attached hydrogen (secondary N) is 2. The van der Waals surface area contributed by atoms with E-state index in [0.717, 1.165) is 28.1 Å². The smallest absolute Gasteiger partial charge is 0.226 e. The number of nitrogens with zero attached hydrogens (tertiary/aromatic N) is 1. The van der Waals surface area contributed by atoms with E-state index < -0.39 is 0 Å². The summed E-state index contributed by atoms with van der Waals surface area (Å²) in [5, 5.41) is 10.9. The molecule has 1 aliphatic heterocycles. The van der Waals surface area contributed by atoms with E-state index in [9.17, 15) is 4.79 Å². The number of carbonyl (C=O) groups excluding carboxylic acids is 1. The van der Waals surface area contributed by atoms with Gasteiger partial charge in [0.1, 0.15) is 12.4 Å². The zero-order valence-corrected chi connectivity index (χ0v) is 15.3. The van der Waals surface area contributed by atoms with Crippen LogP contribution in [-0.2, 0) is 4.79 Å². The maximum atomic E-state index is 12.2. The van der Waals surface area contributed by atoms with Crippen molar-refractivity contribution in [3.63, 3.8) is 0 Å². The van der Waals surface area contributed by atoms with Gasteiger partial charge in [-0.1, -0.05) is 48.5 Å². The number of hydrogen-bond acceptors (Lipinski definition) is 3. The molecule has 136 valence electrons. The van der Waals surface area contributed by atoms with Gasteiger partial charge >= 0.3 is 0 Å². The summed E-state index contributed by atoms with van der Waals surface area (Å²) < 4.78 is 5.55. The molecule has 3 aromatic rings. The lowest BCUT2D eigenvalue weighted by Gasteiger charge is -2.23. The normalized spacial score (nSPS) is 15.7. The second-order valence-corrected chi connectivity index (χ2v) is 6.78. The summed E-state index contributed by atoms with van der Waals surface area (Å²) in [4.78, 5) is 12.2. The van der Waals surface area contributed by atoms with Crippen molar-refractivity contribution in [1.82, 2.24) is 10.2 Å². The second kappa shape index (κ2) is 7.29. The maximum Gasteiger partial charge on any atom is 0.226 e. The lowest BCUT2D eigenvalue weighted by Crippen LogP contribution is -2.23. The molecule has 0 aliphatic carbocycles. The van der Waals surface area contributed by atoms with Crippen LogP contribution in [0.15, 0.2) is 61.2 Å². The van der Waals surface area contributed by atoms with E-state index >= 15 is 0 Å². The van der Waals surface area contributed by atoms with Crippen LogP contribution in [0.4, 0.5) is 5.82 Å². The van der Waals surface area contributed by atoms with Gasteiger partial charge in [-0.3, -0.25) is 9.89 Å². The van der Waals surface area contributed by atoms with E-state index in [1.807, 2.05) is 48.5 Å². The number of hydrogen-bond donors (Lipinski definition) is 2. The molecule has 6 heteroatoms. The van der Waals surface area contributed by atoms with E-state index in [2.05, 4.69) is 22.1 Å². The fraction of sp³-hybridized carbons (Fsp3) is 0.143. The molecule has 1 amide bonds. The first kappa shape index (κ1) is 17.4. The fourth-order valence-electron chi connectivity index (χ4n) is 3.33. The van der Waals surface area contributed by atoms with E-state index in [1.165, 1.54) is 0 Å². The minimum atomic E-state index is -0.0911. The summed E-state index contributed by atoms with van der Waals surface area (Å²) in [7, 11) is 0. The van der Waals surface area contributed by atoms with Crippen LogP contribution in [0.2, 0.25) is 5.02 Å². The number of rotatable bonds is 5. The third-order valence-corrected chi connectivity index (χ3v) is 4.83. The Bertz CT molecular complexity index is 978. The number of aromatic nitrogens is 2. The van der Waals surface area contributed by atoms with Gasteiger partial charge in [0.15, 0.2) is 5.82 Å². The number of aromatic amines is 1. The zero-order valence-electron chi connectivity index (χ0n) is 14.5. The largest absolute Gasteiger partial charge is 0.490 e. The van der Waals surface area contributed by atoms with Gasteiger partial charge < -0.3 is 10.1 Å². The molecule has 0 spiro atoms. The van der Waals surface area contributed by atoms with Crippen LogP contribution in [0.5, 0.6) is 5.75 Å². The number of amides is 1. The summed E-state index contributed by atoms with van der Waals surface area (Å²) in [6.07, 6.45) is 2.06. The topological polar surface area (TPSA) is 67.0 Å². The minimum absolute atomic E-state index is 0.0476. The van der Waals surface area contributed by atoms with Crippen molar-refractivity contribution >= 4 is 23.3 Å². The summed E-state index contributed by atoms with van der Waals surface area (Å²) in [5.74, 6) is 1.21. The molecule has 2 aromatic carbocycles. The van der Waals surface area contributed by atoms with E-state index in [0.29, 0.717) is 23.9 Å². The first-order valence-corrected chi connectivity index (χ1v) is 9.01. The fourth-order valence-corrected chi connectivity index (χ4v) is 3.45. The van der Waals surface area contributed by atoms with Crippen LogP contribution >= 0.6 is 11.6 Å². The van der Waals surface area contributed by atoms with Gasteiger partial charge in [-0.25, -0.2) is 0 Å². The molecule has 1 aromatic heterocycles.